The van der Waals surface area contributed by atoms with Crippen LogP contribution in [-0.4, -0.2) is 28.6 Å². The lowest BCUT2D eigenvalue weighted by molar-refractivity contribution is -0.139. The molecule has 35 heavy (non-hydrogen) atoms. The van der Waals surface area contributed by atoms with Gasteiger partial charge in [-0.05, 0) is 54.4 Å². The number of amides is 2. The zero-order valence-electron chi connectivity index (χ0n) is 19.3. The minimum atomic E-state index is -1.77. The van der Waals surface area contributed by atoms with Gasteiger partial charge in [-0.1, -0.05) is 61.0 Å². The number of aliphatic hydroxyl groups excluding tert-OH is 1. The van der Waals surface area contributed by atoms with E-state index in [1.54, 1.807) is 78.6 Å². The summed E-state index contributed by atoms with van der Waals surface area (Å²) in [5, 5.41) is 23.9. The van der Waals surface area contributed by atoms with Crippen LogP contribution in [-0.2, 0) is 16.9 Å². The van der Waals surface area contributed by atoms with Crippen LogP contribution < -0.4 is 10.2 Å². The van der Waals surface area contributed by atoms with Crippen molar-refractivity contribution in [2.45, 2.75) is 25.5 Å². The third kappa shape index (κ3) is 5.00. The second kappa shape index (κ2) is 10.4. The summed E-state index contributed by atoms with van der Waals surface area (Å²) in [6.45, 7) is 2.01. The fourth-order valence-electron chi connectivity index (χ4n) is 4.26. The number of halogens is 1. The maximum atomic E-state index is 13.5. The molecule has 3 aromatic carbocycles. The van der Waals surface area contributed by atoms with Gasteiger partial charge in [-0.15, -0.1) is 0 Å². The molecule has 3 aromatic rings. The molecule has 0 saturated heterocycles. The summed E-state index contributed by atoms with van der Waals surface area (Å²) in [6, 6.07) is 21.3. The van der Waals surface area contributed by atoms with Gasteiger partial charge in [0, 0.05) is 34.4 Å². The SMILES string of the molecule is C[C@@H](/C=C/CCO)[C@]1(O)C(=O)N(Cc2ccc(NC(=O)c3ccccc3)cc2)c2ccc(Cl)cc21. The number of rotatable bonds is 8. The van der Waals surface area contributed by atoms with Gasteiger partial charge in [0.05, 0.1) is 12.2 Å². The van der Waals surface area contributed by atoms with Crippen molar-refractivity contribution in [1.29, 1.82) is 0 Å². The molecule has 0 saturated carbocycles. The second-order valence-electron chi connectivity index (χ2n) is 8.57. The lowest BCUT2D eigenvalue weighted by atomic mass is 9.83. The predicted molar refractivity (Wildman–Crippen MR) is 137 cm³/mol. The molecule has 2 amide bonds. The van der Waals surface area contributed by atoms with Crippen molar-refractivity contribution in [3.05, 3.63) is 107 Å². The molecule has 0 unspecified atom stereocenters. The molecule has 180 valence electrons. The Balaban J connectivity index is 1.55. The largest absolute Gasteiger partial charge is 0.396 e. The molecule has 1 heterocycles. The van der Waals surface area contributed by atoms with E-state index in [1.165, 1.54) is 0 Å². The molecular formula is C28H27ClN2O4. The van der Waals surface area contributed by atoms with Crippen molar-refractivity contribution in [1.82, 2.24) is 0 Å². The number of anilines is 2. The van der Waals surface area contributed by atoms with E-state index in [2.05, 4.69) is 5.32 Å². The van der Waals surface area contributed by atoms with Gasteiger partial charge in [-0.25, -0.2) is 0 Å². The van der Waals surface area contributed by atoms with Crippen molar-refractivity contribution >= 4 is 34.8 Å². The molecule has 6 nitrogen and oxygen atoms in total. The van der Waals surface area contributed by atoms with Gasteiger partial charge in [-0.2, -0.15) is 0 Å². The smallest absolute Gasteiger partial charge is 0.264 e. The van der Waals surface area contributed by atoms with Gasteiger partial charge in [0.15, 0.2) is 5.60 Å². The summed E-state index contributed by atoms with van der Waals surface area (Å²) in [4.78, 5) is 27.5. The zero-order valence-corrected chi connectivity index (χ0v) is 20.1. The van der Waals surface area contributed by atoms with E-state index in [1.807, 2.05) is 18.2 Å². The van der Waals surface area contributed by atoms with Crippen molar-refractivity contribution in [2.75, 3.05) is 16.8 Å². The molecule has 7 heteroatoms. The molecule has 1 aliphatic heterocycles. The summed E-state index contributed by atoms with van der Waals surface area (Å²) in [5.74, 6) is -1.16. The highest BCUT2D eigenvalue weighted by Gasteiger charge is 2.52. The first-order valence-electron chi connectivity index (χ1n) is 11.4. The van der Waals surface area contributed by atoms with Crippen LogP contribution >= 0.6 is 11.6 Å². The van der Waals surface area contributed by atoms with Crippen LogP contribution in [0.1, 0.15) is 34.8 Å². The van der Waals surface area contributed by atoms with E-state index in [9.17, 15) is 14.7 Å². The molecule has 0 spiro atoms. The first kappa shape index (κ1) is 24.7. The van der Waals surface area contributed by atoms with Crippen LogP contribution in [0.5, 0.6) is 0 Å². The van der Waals surface area contributed by atoms with Gasteiger partial charge in [0.25, 0.3) is 11.8 Å². The van der Waals surface area contributed by atoms with Crippen LogP contribution in [0.3, 0.4) is 0 Å². The maximum Gasteiger partial charge on any atom is 0.264 e. The fraction of sp³-hybridized carbons (Fsp3) is 0.214. The number of hydrogen-bond acceptors (Lipinski definition) is 4. The van der Waals surface area contributed by atoms with E-state index < -0.39 is 17.4 Å². The molecule has 4 rings (SSSR count). The number of benzene rings is 3. The predicted octanol–water partition coefficient (Wildman–Crippen LogP) is 4.90. The fourth-order valence-corrected chi connectivity index (χ4v) is 4.43. The van der Waals surface area contributed by atoms with Gasteiger partial charge in [-0.3, -0.25) is 9.59 Å². The molecule has 0 aromatic heterocycles. The maximum absolute atomic E-state index is 13.5. The monoisotopic (exact) mass is 490 g/mol. The highest BCUT2D eigenvalue weighted by atomic mass is 35.5. The van der Waals surface area contributed by atoms with E-state index in [4.69, 9.17) is 16.7 Å². The van der Waals surface area contributed by atoms with E-state index in [-0.39, 0.29) is 19.1 Å². The molecule has 3 N–H and O–H groups in total. The summed E-state index contributed by atoms with van der Waals surface area (Å²) in [5.41, 5.74) is 1.34. The lowest BCUT2D eigenvalue weighted by Crippen LogP contribution is -2.44. The Bertz CT molecular complexity index is 1240. The Kier molecular flexibility index (Phi) is 7.36. The molecule has 0 radical (unpaired) electrons. The third-order valence-corrected chi connectivity index (χ3v) is 6.43. The summed E-state index contributed by atoms with van der Waals surface area (Å²) in [6.07, 6.45) is 3.94. The third-order valence-electron chi connectivity index (χ3n) is 6.20. The number of nitrogens with zero attached hydrogens (tertiary/aromatic N) is 1. The van der Waals surface area contributed by atoms with Crippen molar-refractivity contribution in [3.63, 3.8) is 0 Å². The van der Waals surface area contributed by atoms with Crippen LogP contribution in [0.15, 0.2) is 84.9 Å². The number of aliphatic hydroxyl groups is 2. The average molecular weight is 491 g/mol. The zero-order chi connectivity index (χ0) is 25.0. The highest BCUT2D eigenvalue weighted by molar-refractivity contribution is 6.31. The van der Waals surface area contributed by atoms with Gasteiger partial charge in [0.2, 0.25) is 0 Å². The molecule has 1 aliphatic rings. The van der Waals surface area contributed by atoms with Gasteiger partial charge < -0.3 is 20.4 Å². The lowest BCUT2D eigenvalue weighted by Gasteiger charge is -2.27. The van der Waals surface area contributed by atoms with E-state index in [0.29, 0.717) is 33.9 Å². The first-order chi connectivity index (χ1) is 16.8. The Morgan fingerprint density at radius 2 is 1.83 bits per heavy atom. The van der Waals surface area contributed by atoms with Crippen LogP contribution in [0.25, 0.3) is 0 Å². The number of carbonyl (C=O) groups excluding carboxylic acids is 2. The van der Waals surface area contributed by atoms with Crippen LogP contribution in [0.4, 0.5) is 11.4 Å². The Morgan fingerprint density at radius 1 is 1.11 bits per heavy atom. The van der Waals surface area contributed by atoms with Crippen molar-refractivity contribution in [3.8, 4) is 0 Å². The normalized spacial score (nSPS) is 18.1. The number of nitrogens with one attached hydrogen (secondary N) is 1. The van der Waals surface area contributed by atoms with Crippen molar-refractivity contribution < 1.29 is 19.8 Å². The molecule has 0 bridgehead atoms. The molecule has 2 atom stereocenters. The second-order valence-corrected chi connectivity index (χ2v) is 9.00. The number of hydrogen-bond donors (Lipinski definition) is 3. The Labute approximate surface area is 209 Å². The average Bonchev–Trinajstić information content (AvgIpc) is 3.08. The summed E-state index contributed by atoms with van der Waals surface area (Å²) >= 11 is 6.21. The minimum Gasteiger partial charge on any atom is -0.396 e. The molecular weight excluding hydrogens is 464 g/mol. The van der Waals surface area contributed by atoms with Gasteiger partial charge >= 0.3 is 0 Å². The molecule has 0 aliphatic carbocycles. The molecule has 0 fully saturated rings. The first-order valence-corrected chi connectivity index (χ1v) is 11.8. The van der Waals surface area contributed by atoms with Crippen molar-refractivity contribution in [2.24, 2.45) is 5.92 Å². The quantitative estimate of drug-likeness (QED) is 0.392. The van der Waals surface area contributed by atoms with Crippen LogP contribution in [0.2, 0.25) is 5.02 Å². The van der Waals surface area contributed by atoms with E-state index in [0.717, 1.165) is 5.56 Å². The Hall–Kier alpha value is -3.45. The summed E-state index contributed by atoms with van der Waals surface area (Å²) < 4.78 is 0. The minimum absolute atomic E-state index is 0.00800. The standard InChI is InChI=1S/C28H27ClN2O4/c1-19(7-5-6-16-32)28(35)24-17-22(29)12-15-25(24)31(27(28)34)18-20-10-13-23(14-11-20)30-26(33)21-8-3-2-4-9-21/h2-5,7-15,17,19,32,35H,6,16,18H2,1H3,(H,30,33)/b7-5+/t19-,28+/m0/s1. The number of carbonyl (C=O) groups is 2. The van der Waals surface area contributed by atoms with E-state index >= 15 is 0 Å². The summed E-state index contributed by atoms with van der Waals surface area (Å²) in [7, 11) is 0. The highest BCUT2D eigenvalue weighted by Crippen LogP contribution is 2.46. The topological polar surface area (TPSA) is 89.9 Å². The van der Waals surface area contributed by atoms with Crippen LogP contribution in [0, 0.1) is 5.92 Å². The Morgan fingerprint density at radius 3 is 2.51 bits per heavy atom. The number of fused-ring (bicyclic) bond motifs is 1. The van der Waals surface area contributed by atoms with Gasteiger partial charge in [0.1, 0.15) is 0 Å².